The number of hydrogen-bond donors (Lipinski definition) is 1. The molecule has 166 valence electrons. The summed E-state index contributed by atoms with van der Waals surface area (Å²) < 4.78 is 16.5. The number of aromatic amines is 1. The monoisotopic (exact) mass is 470 g/mol. The van der Waals surface area contributed by atoms with Crippen molar-refractivity contribution in [2.45, 2.75) is 44.6 Å². The maximum Gasteiger partial charge on any atom is 0.277 e. The fourth-order valence-electron chi connectivity index (χ4n) is 3.57. The third kappa shape index (κ3) is 4.00. The average Bonchev–Trinajstić information content (AvgIpc) is 3.50. The van der Waals surface area contributed by atoms with Crippen LogP contribution in [0.2, 0.25) is 0 Å². The lowest BCUT2D eigenvalue weighted by molar-refractivity contribution is 0.174. The van der Waals surface area contributed by atoms with Crippen LogP contribution in [-0.4, -0.2) is 27.0 Å². The lowest BCUT2D eigenvalue weighted by atomic mass is 9.98. The molecule has 4 aromatic rings. The Morgan fingerprint density at radius 3 is 2.94 bits per heavy atom. The molecule has 0 fully saturated rings. The zero-order chi connectivity index (χ0) is 22.2. The zero-order valence-corrected chi connectivity index (χ0v) is 19.6. The van der Waals surface area contributed by atoms with Crippen LogP contribution in [0.25, 0.3) is 21.7 Å². The van der Waals surface area contributed by atoms with Gasteiger partial charge in [0.2, 0.25) is 12.7 Å². The van der Waals surface area contributed by atoms with E-state index in [0.29, 0.717) is 40.1 Å². The second-order valence-corrected chi connectivity index (χ2v) is 9.91. The van der Waals surface area contributed by atoms with Gasteiger partial charge in [-0.25, -0.2) is 4.98 Å². The van der Waals surface area contributed by atoms with E-state index in [9.17, 15) is 4.79 Å². The molecule has 0 spiro atoms. The van der Waals surface area contributed by atoms with Crippen LogP contribution < -0.4 is 15.0 Å². The highest BCUT2D eigenvalue weighted by atomic mass is 32.2. The van der Waals surface area contributed by atoms with Crippen molar-refractivity contribution in [1.29, 1.82) is 0 Å². The SMILES string of the molecule is CC[C@H](C)Cc1c(C)sc2nc(CSc3nnc(-c4ccc5c(c4)OCO5)o3)[nH]c(=O)c12. The van der Waals surface area contributed by atoms with E-state index in [4.69, 9.17) is 18.9 Å². The lowest BCUT2D eigenvalue weighted by Crippen LogP contribution is -2.12. The van der Waals surface area contributed by atoms with Crippen molar-refractivity contribution in [2.24, 2.45) is 5.92 Å². The predicted molar refractivity (Wildman–Crippen MR) is 124 cm³/mol. The second kappa shape index (κ2) is 8.59. The number of aryl methyl sites for hydroxylation is 1. The number of aromatic nitrogens is 4. The average molecular weight is 471 g/mol. The van der Waals surface area contributed by atoms with Crippen molar-refractivity contribution in [1.82, 2.24) is 20.2 Å². The van der Waals surface area contributed by atoms with Gasteiger partial charge in [0, 0.05) is 10.4 Å². The molecular formula is C22H22N4O4S2. The van der Waals surface area contributed by atoms with Crippen LogP contribution in [0.4, 0.5) is 0 Å². The molecule has 4 heterocycles. The van der Waals surface area contributed by atoms with Gasteiger partial charge in [-0.15, -0.1) is 21.5 Å². The maximum atomic E-state index is 12.8. The minimum Gasteiger partial charge on any atom is -0.454 e. The molecule has 1 atom stereocenters. The Labute approximate surface area is 192 Å². The van der Waals surface area contributed by atoms with E-state index in [1.165, 1.54) is 11.8 Å². The van der Waals surface area contributed by atoms with Gasteiger partial charge in [0.15, 0.2) is 11.5 Å². The number of thioether (sulfide) groups is 1. The topological polar surface area (TPSA) is 103 Å². The second-order valence-electron chi connectivity index (χ2n) is 7.78. The van der Waals surface area contributed by atoms with E-state index in [0.717, 1.165) is 39.1 Å². The molecule has 0 amide bonds. The summed E-state index contributed by atoms with van der Waals surface area (Å²) in [5.74, 6) is 3.29. The third-order valence-electron chi connectivity index (χ3n) is 5.52. The van der Waals surface area contributed by atoms with Crippen molar-refractivity contribution < 1.29 is 13.9 Å². The molecule has 1 aromatic carbocycles. The van der Waals surface area contributed by atoms with Crippen molar-refractivity contribution in [3.63, 3.8) is 0 Å². The largest absolute Gasteiger partial charge is 0.454 e. The van der Waals surface area contributed by atoms with Gasteiger partial charge < -0.3 is 18.9 Å². The molecule has 1 aliphatic heterocycles. The first-order valence-electron chi connectivity index (χ1n) is 10.4. The smallest absolute Gasteiger partial charge is 0.277 e. The van der Waals surface area contributed by atoms with Crippen LogP contribution in [0, 0.1) is 12.8 Å². The van der Waals surface area contributed by atoms with E-state index in [1.807, 2.05) is 18.2 Å². The molecule has 0 saturated carbocycles. The van der Waals surface area contributed by atoms with Crippen molar-refractivity contribution in [3.05, 3.63) is 44.8 Å². The van der Waals surface area contributed by atoms with Crippen LogP contribution in [0.3, 0.4) is 0 Å². The Bertz CT molecular complexity index is 1340. The van der Waals surface area contributed by atoms with Gasteiger partial charge in [-0.05, 0) is 43.0 Å². The van der Waals surface area contributed by atoms with E-state index in [-0.39, 0.29) is 12.4 Å². The first-order chi connectivity index (χ1) is 15.5. The van der Waals surface area contributed by atoms with Gasteiger partial charge in [-0.1, -0.05) is 32.0 Å². The summed E-state index contributed by atoms with van der Waals surface area (Å²) in [7, 11) is 0. The normalized spacial score (nSPS) is 13.7. The van der Waals surface area contributed by atoms with Gasteiger partial charge in [0.05, 0.1) is 11.1 Å². The van der Waals surface area contributed by atoms with Crippen LogP contribution in [0.15, 0.2) is 32.6 Å². The highest BCUT2D eigenvalue weighted by molar-refractivity contribution is 7.98. The van der Waals surface area contributed by atoms with E-state index in [2.05, 4.69) is 36.0 Å². The van der Waals surface area contributed by atoms with Gasteiger partial charge >= 0.3 is 0 Å². The van der Waals surface area contributed by atoms with Gasteiger partial charge in [-0.3, -0.25) is 4.79 Å². The summed E-state index contributed by atoms with van der Waals surface area (Å²) in [5.41, 5.74) is 1.79. The Hall–Kier alpha value is -2.85. The molecule has 1 N–H and O–H groups in total. The highest BCUT2D eigenvalue weighted by Crippen LogP contribution is 2.36. The van der Waals surface area contributed by atoms with E-state index in [1.54, 1.807) is 11.3 Å². The lowest BCUT2D eigenvalue weighted by Gasteiger charge is -2.08. The maximum absolute atomic E-state index is 12.8. The molecule has 0 unspecified atom stereocenters. The van der Waals surface area contributed by atoms with Gasteiger partial charge in [-0.2, -0.15) is 0 Å². The number of nitrogens with zero attached hydrogens (tertiary/aromatic N) is 3. The molecule has 3 aromatic heterocycles. The number of thiophene rings is 1. The highest BCUT2D eigenvalue weighted by Gasteiger charge is 2.19. The molecule has 10 heteroatoms. The standard InChI is InChI=1S/C22H22N4O4S2/c1-4-11(2)7-14-12(3)32-21-18(14)19(27)23-17(24-21)9-31-22-26-25-20(30-22)13-5-6-15-16(8-13)29-10-28-15/h5-6,8,11H,4,7,9-10H2,1-3H3,(H,23,24,27)/t11-/m0/s1. The molecule has 32 heavy (non-hydrogen) atoms. The van der Waals surface area contributed by atoms with Crippen LogP contribution >= 0.6 is 23.1 Å². The Morgan fingerprint density at radius 2 is 2.09 bits per heavy atom. The number of hydrogen-bond acceptors (Lipinski definition) is 9. The quantitative estimate of drug-likeness (QED) is 0.378. The van der Waals surface area contributed by atoms with Crippen LogP contribution in [-0.2, 0) is 12.2 Å². The summed E-state index contributed by atoms with van der Waals surface area (Å²) in [6, 6.07) is 5.48. The van der Waals surface area contributed by atoms with Gasteiger partial charge in [0.25, 0.3) is 10.8 Å². The summed E-state index contributed by atoms with van der Waals surface area (Å²) >= 11 is 2.91. The fraction of sp³-hybridized carbons (Fsp3) is 0.364. The summed E-state index contributed by atoms with van der Waals surface area (Å²) in [5, 5.41) is 9.35. The number of H-pyrrole nitrogens is 1. The van der Waals surface area contributed by atoms with Crippen molar-refractivity contribution in [3.8, 4) is 23.0 Å². The molecular weight excluding hydrogens is 448 g/mol. The number of rotatable bonds is 7. The molecule has 0 radical (unpaired) electrons. The van der Waals surface area contributed by atoms with E-state index < -0.39 is 0 Å². The third-order valence-corrected chi connectivity index (χ3v) is 7.39. The summed E-state index contributed by atoms with van der Waals surface area (Å²) in [4.78, 5) is 22.4. The van der Waals surface area contributed by atoms with Crippen molar-refractivity contribution >= 4 is 33.3 Å². The number of fused-ring (bicyclic) bond motifs is 2. The van der Waals surface area contributed by atoms with Gasteiger partial charge in [0.1, 0.15) is 10.7 Å². The molecule has 5 rings (SSSR count). The predicted octanol–water partition coefficient (Wildman–Crippen LogP) is 4.95. The molecule has 0 aliphatic carbocycles. The fourth-order valence-corrected chi connectivity index (χ4v) is 5.28. The van der Waals surface area contributed by atoms with E-state index >= 15 is 0 Å². The molecule has 0 saturated heterocycles. The minimum atomic E-state index is -0.0835. The minimum absolute atomic E-state index is 0.0835. The summed E-state index contributed by atoms with van der Waals surface area (Å²) in [6.07, 6.45) is 1.97. The number of ether oxygens (including phenoxy) is 2. The first-order valence-corrected chi connectivity index (χ1v) is 12.2. The molecule has 8 nitrogen and oxygen atoms in total. The Balaban J connectivity index is 1.33. The molecule has 1 aliphatic rings. The zero-order valence-electron chi connectivity index (χ0n) is 17.9. The number of nitrogens with one attached hydrogen (secondary N) is 1. The Kier molecular flexibility index (Phi) is 5.64. The Morgan fingerprint density at radius 1 is 1.25 bits per heavy atom. The van der Waals surface area contributed by atoms with Crippen molar-refractivity contribution in [2.75, 3.05) is 6.79 Å². The number of benzene rings is 1. The summed E-state index contributed by atoms with van der Waals surface area (Å²) in [6.45, 7) is 6.65. The first kappa shape index (κ1) is 21.0. The van der Waals surface area contributed by atoms with Crippen LogP contribution in [0.5, 0.6) is 11.5 Å². The molecule has 0 bridgehead atoms. The van der Waals surface area contributed by atoms with Crippen LogP contribution in [0.1, 0.15) is 36.5 Å².